The summed E-state index contributed by atoms with van der Waals surface area (Å²) in [4.78, 5) is 4.30. The molecule has 1 atom stereocenters. The predicted molar refractivity (Wildman–Crippen MR) is 115 cm³/mol. The highest BCUT2D eigenvalue weighted by molar-refractivity contribution is 14.0. The molecule has 0 amide bonds. The summed E-state index contributed by atoms with van der Waals surface area (Å²) in [6.07, 6.45) is 1.06. The molecular formula is C20H26IN3O2. The summed E-state index contributed by atoms with van der Waals surface area (Å²) < 4.78 is 11.2. The number of hydrogen-bond donors (Lipinski definition) is 2. The van der Waals surface area contributed by atoms with Crippen LogP contribution in [0.2, 0.25) is 0 Å². The van der Waals surface area contributed by atoms with E-state index >= 15 is 0 Å². The molecular weight excluding hydrogens is 441 g/mol. The maximum atomic E-state index is 5.95. The van der Waals surface area contributed by atoms with E-state index < -0.39 is 0 Å². The quantitative estimate of drug-likeness (QED) is 0.390. The van der Waals surface area contributed by atoms with E-state index in [-0.39, 0.29) is 30.1 Å². The van der Waals surface area contributed by atoms with Crippen molar-refractivity contribution in [2.45, 2.75) is 25.7 Å². The molecule has 1 heterocycles. The van der Waals surface area contributed by atoms with Crippen molar-refractivity contribution >= 4 is 29.9 Å². The van der Waals surface area contributed by atoms with Crippen LogP contribution in [0.3, 0.4) is 0 Å². The molecule has 1 aliphatic rings. The third kappa shape index (κ3) is 5.35. The molecule has 26 heavy (non-hydrogen) atoms. The second-order valence-corrected chi connectivity index (χ2v) is 6.06. The monoisotopic (exact) mass is 467 g/mol. The van der Waals surface area contributed by atoms with Gasteiger partial charge in [0.25, 0.3) is 0 Å². The molecule has 2 N–H and O–H groups in total. The van der Waals surface area contributed by atoms with E-state index in [0.29, 0.717) is 19.7 Å². The van der Waals surface area contributed by atoms with Gasteiger partial charge in [0.2, 0.25) is 0 Å². The first-order valence-electron chi connectivity index (χ1n) is 8.55. The van der Waals surface area contributed by atoms with Crippen molar-refractivity contribution in [3.63, 3.8) is 0 Å². The molecule has 1 aliphatic heterocycles. The van der Waals surface area contributed by atoms with Crippen LogP contribution >= 0.6 is 24.0 Å². The first kappa shape index (κ1) is 20.5. The van der Waals surface area contributed by atoms with Gasteiger partial charge in [0.05, 0.1) is 13.2 Å². The molecule has 0 aliphatic carbocycles. The number of methoxy groups -OCH3 is 1. The van der Waals surface area contributed by atoms with Crippen LogP contribution in [0.15, 0.2) is 53.5 Å². The third-order valence-corrected chi connectivity index (χ3v) is 4.30. The molecule has 0 fully saturated rings. The van der Waals surface area contributed by atoms with Gasteiger partial charge in [0.15, 0.2) is 5.96 Å². The number of fused-ring (bicyclic) bond motifs is 1. The fourth-order valence-electron chi connectivity index (χ4n) is 3.00. The highest BCUT2D eigenvalue weighted by atomic mass is 127. The lowest BCUT2D eigenvalue weighted by atomic mass is 10.1. The van der Waals surface area contributed by atoms with Crippen molar-refractivity contribution in [2.75, 3.05) is 20.7 Å². The molecule has 0 bridgehead atoms. The molecule has 0 aromatic heterocycles. The number of guanidine groups is 1. The van der Waals surface area contributed by atoms with Gasteiger partial charge in [-0.05, 0) is 22.8 Å². The van der Waals surface area contributed by atoms with Gasteiger partial charge >= 0.3 is 0 Å². The standard InChI is InChI=1S/C20H25N3O2.HI/c1-21-20(22-12-16-8-3-4-9-17(16)14-24-2)23-13-18-11-15-7-5-6-10-19(15)25-18;/h3-10,18H,11-14H2,1-2H3,(H2,21,22,23);1H. The lowest BCUT2D eigenvalue weighted by molar-refractivity contribution is 0.184. The minimum absolute atomic E-state index is 0. The van der Waals surface area contributed by atoms with Crippen LogP contribution in [0.1, 0.15) is 16.7 Å². The molecule has 2 aromatic rings. The Hall–Kier alpha value is -1.80. The van der Waals surface area contributed by atoms with Crippen LogP contribution in [0.25, 0.3) is 0 Å². The van der Waals surface area contributed by atoms with Crippen molar-refractivity contribution in [2.24, 2.45) is 4.99 Å². The van der Waals surface area contributed by atoms with E-state index in [1.54, 1.807) is 14.2 Å². The number of nitrogens with one attached hydrogen (secondary N) is 2. The number of nitrogens with zero attached hydrogens (tertiary/aromatic N) is 1. The van der Waals surface area contributed by atoms with E-state index in [1.165, 1.54) is 16.7 Å². The maximum absolute atomic E-state index is 5.95. The third-order valence-electron chi connectivity index (χ3n) is 4.30. The Bertz CT molecular complexity index is 712. The smallest absolute Gasteiger partial charge is 0.191 e. The number of ether oxygens (including phenoxy) is 2. The number of halogens is 1. The van der Waals surface area contributed by atoms with Crippen LogP contribution in [0.4, 0.5) is 0 Å². The van der Waals surface area contributed by atoms with Gasteiger partial charge in [-0.25, -0.2) is 0 Å². The topological polar surface area (TPSA) is 54.9 Å². The largest absolute Gasteiger partial charge is 0.488 e. The Balaban J connectivity index is 0.00000243. The SMILES string of the molecule is CN=C(NCc1ccccc1COC)NCC1Cc2ccccc2O1.I. The minimum atomic E-state index is 0. The molecule has 0 radical (unpaired) electrons. The molecule has 0 saturated carbocycles. The Morgan fingerprint density at radius 2 is 1.85 bits per heavy atom. The minimum Gasteiger partial charge on any atom is -0.488 e. The molecule has 3 rings (SSSR count). The van der Waals surface area contributed by atoms with Crippen LogP contribution < -0.4 is 15.4 Å². The van der Waals surface area contributed by atoms with Gasteiger partial charge in [-0.1, -0.05) is 42.5 Å². The first-order valence-corrected chi connectivity index (χ1v) is 8.55. The lowest BCUT2D eigenvalue weighted by Gasteiger charge is -2.16. The van der Waals surface area contributed by atoms with Crippen LogP contribution in [-0.4, -0.2) is 32.8 Å². The zero-order valence-corrected chi connectivity index (χ0v) is 17.5. The Labute approximate surface area is 172 Å². The zero-order valence-electron chi connectivity index (χ0n) is 15.2. The summed E-state index contributed by atoms with van der Waals surface area (Å²) in [7, 11) is 3.49. The summed E-state index contributed by atoms with van der Waals surface area (Å²) in [5, 5.41) is 6.71. The highest BCUT2D eigenvalue weighted by Gasteiger charge is 2.22. The molecule has 0 saturated heterocycles. The van der Waals surface area contributed by atoms with Crippen LogP contribution in [-0.2, 0) is 24.3 Å². The maximum Gasteiger partial charge on any atom is 0.191 e. The van der Waals surface area contributed by atoms with Crippen LogP contribution in [0, 0.1) is 0 Å². The number of hydrogen-bond acceptors (Lipinski definition) is 3. The Kier molecular flexibility index (Phi) is 8.18. The first-order chi connectivity index (χ1) is 12.3. The summed E-state index contributed by atoms with van der Waals surface area (Å²) in [6, 6.07) is 16.5. The van der Waals surface area contributed by atoms with Gasteiger partial charge in [-0.2, -0.15) is 0 Å². The fourth-order valence-corrected chi connectivity index (χ4v) is 3.00. The predicted octanol–water partition coefficient (Wildman–Crippen LogP) is 3.12. The molecule has 140 valence electrons. The molecule has 0 spiro atoms. The van der Waals surface area contributed by atoms with E-state index in [2.05, 4.69) is 39.9 Å². The number of rotatable bonds is 6. The Morgan fingerprint density at radius 1 is 1.12 bits per heavy atom. The fraction of sp³-hybridized carbons (Fsp3) is 0.350. The number of benzene rings is 2. The number of aliphatic imine (C=N–C) groups is 1. The van der Waals surface area contributed by atoms with Crippen molar-refractivity contribution in [3.05, 3.63) is 65.2 Å². The molecule has 2 aromatic carbocycles. The summed E-state index contributed by atoms with van der Waals surface area (Å²) in [6.45, 7) is 2.02. The number of para-hydroxylation sites is 1. The van der Waals surface area contributed by atoms with Crippen molar-refractivity contribution in [1.29, 1.82) is 0 Å². The van der Waals surface area contributed by atoms with E-state index in [0.717, 1.165) is 18.1 Å². The van der Waals surface area contributed by atoms with Gasteiger partial charge in [-0.15, -0.1) is 24.0 Å². The molecule has 5 nitrogen and oxygen atoms in total. The second-order valence-electron chi connectivity index (χ2n) is 6.06. The summed E-state index contributed by atoms with van der Waals surface area (Å²) >= 11 is 0. The van der Waals surface area contributed by atoms with Crippen molar-refractivity contribution in [3.8, 4) is 5.75 Å². The van der Waals surface area contributed by atoms with E-state index in [1.807, 2.05) is 24.3 Å². The average Bonchev–Trinajstić information content (AvgIpc) is 3.06. The molecule has 6 heteroatoms. The van der Waals surface area contributed by atoms with Crippen molar-refractivity contribution in [1.82, 2.24) is 10.6 Å². The van der Waals surface area contributed by atoms with Crippen molar-refractivity contribution < 1.29 is 9.47 Å². The average molecular weight is 467 g/mol. The normalized spacial score (nSPS) is 15.6. The van der Waals surface area contributed by atoms with E-state index in [9.17, 15) is 0 Å². The van der Waals surface area contributed by atoms with E-state index in [4.69, 9.17) is 9.47 Å². The van der Waals surface area contributed by atoms with Gasteiger partial charge in [0, 0.05) is 27.1 Å². The molecule has 1 unspecified atom stereocenters. The van der Waals surface area contributed by atoms with Gasteiger partial charge < -0.3 is 20.1 Å². The lowest BCUT2D eigenvalue weighted by Crippen LogP contribution is -2.42. The second kappa shape index (κ2) is 10.4. The highest BCUT2D eigenvalue weighted by Crippen LogP contribution is 2.27. The Morgan fingerprint density at radius 3 is 2.58 bits per heavy atom. The van der Waals surface area contributed by atoms with Gasteiger partial charge in [-0.3, -0.25) is 4.99 Å². The summed E-state index contributed by atoms with van der Waals surface area (Å²) in [5.74, 6) is 1.76. The van der Waals surface area contributed by atoms with Crippen LogP contribution in [0.5, 0.6) is 5.75 Å². The van der Waals surface area contributed by atoms with Gasteiger partial charge in [0.1, 0.15) is 11.9 Å². The zero-order chi connectivity index (χ0) is 17.5. The summed E-state index contributed by atoms with van der Waals surface area (Å²) in [5.41, 5.74) is 3.66.